The SMILES string of the molecule is COC[C@@]1(C(=O)O)[C@@H](c2ccc(F)cc2)[C@@H]1S(=O)(=O)c1ccc(Cl)cc1. The lowest BCUT2D eigenvalue weighted by Crippen LogP contribution is -2.28. The van der Waals surface area contributed by atoms with E-state index in [-0.39, 0.29) is 11.5 Å². The highest BCUT2D eigenvalue weighted by Gasteiger charge is 2.76. The normalized spacial score (nSPS) is 25.0. The lowest BCUT2D eigenvalue weighted by Gasteiger charge is -2.12. The minimum absolute atomic E-state index is 0.0155. The third-order valence-corrected chi connectivity index (χ3v) is 7.29. The Kier molecular flexibility index (Phi) is 4.81. The Balaban J connectivity index is 2.11. The average Bonchev–Trinajstić information content (AvgIpc) is 3.27. The van der Waals surface area contributed by atoms with E-state index in [0.29, 0.717) is 10.6 Å². The van der Waals surface area contributed by atoms with Crippen LogP contribution in [-0.4, -0.2) is 38.5 Å². The second-order valence-electron chi connectivity index (χ2n) is 6.23. The topological polar surface area (TPSA) is 80.7 Å². The van der Waals surface area contributed by atoms with E-state index in [1.54, 1.807) is 0 Å². The van der Waals surface area contributed by atoms with Gasteiger partial charge in [-0.05, 0) is 42.0 Å². The molecule has 0 spiro atoms. The van der Waals surface area contributed by atoms with Crippen LogP contribution in [0.2, 0.25) is 5.02 Å². The van der Waals surface area contributed by atoms with Crippen molar-refractivity contribution >= 4 is 27.4 Å². The fraction of sp³-hybridized carbons (Fsp3) is 0.278. The molecule has 1 saturated carbocycles. The third-order valence-electron chi connectivity index (χ3n) is 4.74. The summed E-state index contributed by atoms with van der Waals surface area (Å²) in [5.74, 6) is -2.60. The molecule has 138 valence electrons. The zero-order valence-corrected chi connectivity index (χ0v) is 15.3. The predicted octanol–water partition coefficient (Wildman–Crippen LogP) is 3.14. The highest BCUT2D eigenvalue weighted by Crippen LogP contribution is 2.64. The minimum atomic E-state index is -3.98. The van der Waals surface area contributed by atoms with Crippen LogP contribution in [0.25, 0.3) is 0 Å². The van der Waals surface area contributed by atoms with Crippen molar-refractivity contribution in [3.8, 4) is 0 Å². The molecule has 5 nitrogen and oxygen atoms in total. The first-order chi connectivity index (χ1) is 12.2. The number of methoxy groups -OCH3 is 1. The number of sulfone groups is 1. The van der Waals surface area contributed by atoms with Gasteiger partial charge in [0, 0.05) is 18.1 Å². The number of halogens is 2. The number of ether oxygens (including phenoxy) is 1. The minimum Gasteiger partial charge on any atom is -0.481 e. The molecule has 0 radical (unpaired) electrons. The number of hydrogen-bond donors (Lipinski definition) is 1. The summed E-state index contributed by atoms with van der Waals surface area (Å²) in [5, 5.41) is 8.95. The van der Waals surface area contributed by atoms with Crippen molar-refractivity contribution in [1.82, 2.24) is 0 Å². The van der Waals surface area contributed by atoms with Gasteiger partial charge in [-0.3, -0.25) is 4.79 Å². The molecule has 0 unspecified atom stereocenters. The molecule has 0 aliphatic heterocycles. The molecule has 1 aliphatic carbocycles. The van der Waals surface area contributed by atoms with E-state index >= 15 is 0 Å². The largest absolute Gasteiger partial charge is 0.481 e. The molecule has 1 N–H and O–H groups in total. The maximum absolute atomic E-state index is 13.2. The zero-order chi connectivity index (χ0) is 19.1. The molecule has 2 aromatic rings. The van der Waals surface area contributed by atoms with Crippen LogP contribution >= 0.6 is 11.6 Å². The summed E-state index contributed by atoms with van der Waals surface area (Å²) in [4.78, 5) is 12.0. The van der Waals surface area contributed by atoms with Crippen molar-refractivity contribution in [3.05, 3.63) is 64.9 Å². The third kappa shape index (κ3) is 2.90. The van der Waals surface area contributed by atoms with Crippen molar-refractivity contribution in [2.75, 3.05) is 13.7 Å². The smallest absolute Gasteiger partial charge is 0.314 e. The molecule has 1 fully saturated rings. The van der Waals surface area contributed by atoms with E-state index in [4.69, 9.17) is 16.3 Å². The molecule has 8 heteroatoms. The predicted molar refractivity (Wildman–Crippen MR) is 93.5 cm³/mol. The summed E-state index contributed by atoms with van der Waals surface area (Å²) in [7, 11) is -2.66. The Morgan fingerprint density at radius 1 is 1.19 bits per heavy atom. The molecule has 0 amide bonds. The van der Waals surface area contributed by atoms with Gasteiger partial charge < -0.3 is 9.84 Å². The molecule has 2 aromatic carbocycles. The van der Waals surface area contributed by atoms with Gasteiger partial charge in [-0.25, -0.2) is 12.8 Å². The second kappa shape index (κ2) is 6.64. The van der Waals surface area contributed by atoms with Crippen molar-refractivity contribution in [3.63, 3.8) is 0 Å². The number of carbonyl (C=O) groups is 1. The number of carboxylic acids is 1. The quantitative estimate of drug-likeness (QED) is 0.808. The Morgan fingerprint density at radius 3 is 2.27 bits per heavy atom. The Morgan fingerprint density at radius 2 is 1.77 bits per heavy atom. The van der Waals surface area contributed by atoms with Crippen LogP contribution < -0.4 is 0 Å². The number of carboxylic acid groups (broad SMARTS) is 1. The summed E-state index contributed by atoms with van der Waals surface area (Å²) in [6.45, 7) is -0.276. The summed E-state index contributed by atoms with van der Waals surface area (Å²) in [6, 6.07) is 10.7. The average molecular weight is 399 g/mol. The van der Waals surface area contributed by atoms with Crippen LogP contribution in [0.3, 0.4) is 0 Å². The molecule has 0 bridgehead atoms. The highest BCUT2D eigenvalue weighted by molar-refractivity contribution is 7.92. The molecule has 1 aliphatic rings. The van der Waals surface area contributed by atoms with E-state index in [9.17, 15) is 22.7 Å². The molecule has 3 rings (SSSR count). The molecule has 0 heterocycles. The zero-order valence-electron chi connectivity index (χ0n) is 13.7. The molecule has 0 aromatic heterocycles. The first-order valence-corrected chi connectivity index (χ1v) is 9.65. The van der Waals surface area contributed by atoms with Gasteiger partial charge in [0.25, 0.3) is 0 Å². The maximum Gasteiger partial charge on any atom is 0.314 e. The van der Waals surface area contributed by atoms with Gasteiger partial charge in [-0.1, -0.05) is 23.7 Å². The Labute approximate surface area is 155 Å². The van der Waals surface area contributed by atoms with E-state index < -0.39 is 38.2 Å². The fourth-order valence-corrected chi connectivity index (χ4v) is 5.98. The van der Waals surface area contributed by atoms with Gasteiger partial charge in [-0.2, -0.15) is 0 Å². The Hall–Kier alpha value is -1.96. The maximum atomic E-state index is 13.2. The van der Waals surface area contributed by atoms with E-state index in [1.807, 2.05) is 0 Å². The molecule has 26 heavy (non-hydrogen) atoms. The van der Waals surface area contributed by atoms with Gasteiger partial charge in [0.15, 0.2) is 9.84 Å². The Bertz CT molecular complexity index is 927. The number of aliphatic carboxylic acids is 1. The van der Waals surface area contributed by atoms with Crippen LogP contribution in [0, 0.1) is 11.2 Å². The van der Waals surface area contributed by atoms with Crippen LogP contribution in [0.1, 0.15) is 11.5 Å². The number of hydrogen-bond acceptors (Lipinski definition) is 4. The molecule has 3 atom stereocenters. The summed E-state index contributed by atoms with van der Waals surface area (Å²) < 4.78 is 44.5. The molecular formula is C18H16ClFO5S. The molecular weight excluding hydrogens is 383 g/mol. The van der Waals surface area contributed by atoms with Gasteiger partial charge >= 0.3 is 5.97 Å². The van der Waals surface area contributed by atoms with Crippen molar-refractivity contribution in [2.45, 2.75) is 16.1 Å². The van der Waals surface area contributed by atoms with E-state index in [0.717, 1.165) is 0 Å². The lowest BCUT2D eigenvalue weighted by atomic mass is 10.00. The van der Waals surface area contributed by atoms with Crippen molar-refractivity contribution in [2.24, 2.45) is 5.41 Å². The van der Waals surface area contributed by atoms with Crippen molar-refractivity contribution in [1.29, 1.82) is 0 Å². The van der Waals surface area contributed by atoms with Gasteiger partial charge in [0.1, 0.15) is 11.2 Å². The summed E-state index contributed by atoms with van der Waals surface area (Å²) >= 11 is 5.81. The van der Waals surface area contributed by atoms with Gasteiger partial charge in [0.2, 0.25) is 0 Å². The van der Waals surface area contributed by atoms with Crippen LogP contribution in [0.4, 0.5) is 4.39 Å². The fourth-order valence-electron chi connectivity index (χ4n) is 3.50. The van der Waals surface area contributed by atoms with Crippen molar-refractivity contribution < 1.29 is 27.4 Å². The van der Waals surface area contributed by atoms with Crippen LogP contribution in [0.5, 0.6) is 0 Å². The highest BCUT2D eigenvalue weighted by atomic mass is 35.5. The number of benzene rings is 2. The lowest BCUT2D eigenvalue weighted by molar-refractivity contribution is -0.145. The monoisotopic (exact) mass is 398 g/mol. The summed E-state index contributed by atoms with van der Waals surface area (Å²) in [5.41, 5.74) is -1.20. The van der Waals surface area contributed by atoms with Gasteiger partial charge in [-0.15, -0.1) is 0 Å². The first kappa shape index (κ1) is 18.8. The first-order valence-electron chi connectivity index (χ1n) is 7.72. The molecule has 0 saturated heterocycles. The second-order valence-corrected chi connectivity index (χ2v) is 8.73. The van der Waals surface area contributed by atoms with Crippen LogP contribution in [0.15, 0.2) is 53.4 Å². The number of rotatable bonds is 6. The van der Waals surface area contributed by atoms with E-state index in [1.165, 1.54) is 55.6 Å². The summed E-state index contributed by atoms with van der Waals surface area (Å²) in [6.07, 6.45) is 0. The van der Waals surface area contributed by atoms with E-state index in [2.05, 4.69) is 0 Å². The van der Waals surface area contributed by atoms with Gasteiger partial charge in [0.05, 0.1) is 16.8 Å². The van der Waals surface area contributed by atoms with Crippen LogP contribution in [-0.2, 0) is 19.4 Å². The standard InChI is InChI=1S/C18H16ClFO5S/c1-25-10-18(17(21)22)15(11-2-6-13(20)7-3-11)16(18)26(23,24)14-8-4-12(19)5-9-14/h2-9,15-16H,10H2,1H3,(H,21,22)/t15-,16-,18+/m0/s1.